The van der Waals surface area contributed by atoms with Gasteiger partial charge in [-0.05, 0) is 31.0 Å². The largest absolute Gasteiger partial charge is 0.513 e. The number of carbonyl (C=O) groups is 2. The number of hydrogen-bond acceptors (Lipinski definition) is 8. The fraction of sp³-hybridized carbons (Fsp3) is 0.429. The van der Waals surface area contributed by atoms with Gasteiger partial charge in [-0.25, -0.2) is 4.79 Å². The van der Waals surface area contributed by atoms with Crippen molar-refractivity contribution in [3.8, 4) is 11.5 Å². The molecule has 1 fully saturated rings. The van der Waals surface area contributed by atoms with E-state index in [0.717, 1.165) is 0 Å². The molecule has 2 aliphatic rings. The second-order valence-electron chi connectivity index (χ2n) is 6.87. The molecule has 2 aliphatic heterocycles. The maximum Gasteiger partial charge on any atom is 0.513 e. The average Bonchev–Trinajstić information content (AvgIpc) is 3.02. The van der Waals surface area contributed by atoms with Crippen molar-refractivity contribution >= 4 is 17.6 Å². The third-order valence-corrected chi connectivity index (χ3v) is 5.26. The molecule has 0 bridgehead atoms. The highest BCUT2D eigenvalue weighted by Gasteiger charge is 2.50. The SMILES string of the molecule is C=CCOC(=O)OC1=C(c2cc(OC)ccc2OC)C(=O)NC12CCN(OC)CC2. The van der Waals surface area contributed by atoms with Gasteiger partial charge in [0.25, 0.3) is 5.91 Å². The van der Waals surface area contributed by atoms with E-state index in [-0.39, 0.29) is 23.8 Å². The van der Waals surface area contributed by atoms with Gasteiger partial charge >= 0.3 is 6.16 Å². The van der Waals surface area contributed by atoms with Crippen LogP contribution in [0, 0.1) is 0 Å². The number of rotatable bonds is 7. The predicted molar refractivity (Wildman–Crippen MR) is 108 cm³/mol. The molecule has 0 aliphatic carbocycles. The van der Waals surface area contributed by atoms with E-state index in [1.807, 2.05) is 0 Å². The van der Waals surface area contributed by atoms with E-state index in [2.05, 4.69) is 11.9 Å². The average molecular weight is 418 g/mol. The molecule has 30 heavy (non-hydrogen) atoms. The molecule has 9 heteroatoms. The van der Waals surface area contributed by atoms with Gasteiger partial charge < -0.3 is 29.1 Å². The van der Waals surface area contributed by atoms with E-state index in [9.17, 15) is 9.59 Å². The fourth-order valence-electron chi connectivity index (χ4n) is 3.72. The zero-order valence-electron chi connectivity index (χ0n) is 17.4. The highest BCUT2D eigenvalue weighted by Crippen LogP contribution is 2.43. The second-order valence-corrected chi connectivity index (χ2v) is 6.87. The molecule has 0 radical (unpaired) electrons. The highest BCUT2D eigenvalue weighted by molar-refractivity contribution is 6.24. The standard InChI is InChI=1S/C21H26N2O7/c1-5-12-29-20(25)30-18-17(15-13-14(26-2)6-7-16(15)27-3)19(24)22-21(18)8-10-23(28-4)11-9-21/h5-7,13H,1,8-12H2,2-4H3,(H,22,24). The third kappa shape index (κ3) is 4.12. The molecule has 3 rings (SSSR count). The minimum atomic E-state index is -0.908. The van der Waals surface area contributed by atoms with Crippen molar-refractivity contribution in [1.82, 2.24) is 10.4 Å². The van der Waals surface area contributed by atoms with Crippen molar-refractivity contribution in [3.05, 3.63) is 42.2 Å². The van der Waals surface area contributed by atoms with Gasteiger partial charge in [-0.2, -0.15) is 5.06 Å². The molecule has 9 nitrogen and oxygen atoms in total. The summed E-state index contributed by atoms with van der Waals surface area (Å²) in [5.74, 6) is 0.838. The van der Waals surface area contributed by atoms with Crippen molar-refractivity contribution in [2.75, 3.05) is 41.0 Å². The van der Waals surface area contributed by atoms with E-state index >= 15 is 0 Å². The van der Waals surface area contributed by atoms with E-state index in [1.165, 1.54) is 20.3 Å². The summed E-state index contributed by atoms with van der Waals surface area (Å²) in [6, 6.07) is 5.09. The molecule has 1 aromatic rings. The summed E-state index contributed by atoms with van der Waals surface area (Å²) in [5, 5.41) is 4.81. The number of nitrogens with one attached hydrogen (secondary N) is 1. The number of piperidine rings is 1. The van der Waals surface area contributed by atoms with E-state index in [0.29, 0.717) is 43.0 Å². The molecule has 1 aromatic carbocycles. The molecule has 1 spiro atoms. The summed E-state index contributed by atoms with van der Waals surface area (Å²) in [5.41, 5.74) is -0.179. The Hall–Kier alpha value is -3.04. The van der Waals surface area contributed by atoms with Gasteiger partial charge in [-0.1, -0.05) is 12.7 Å². The first-order valence-corrected chi connectivity index (χ1v) is 9.52. The van der Waals surface area contributed by atoms with Crippen LogP contribution in [-0.2, 0) is 19.1 Å². The van der Waals surface area contributed by atoms with E-state index in [1.54, 1.807) is 30.4 Å². The van der Waals surface area contributed by atoms with Gasteiger partial charge in [0.05, 0.1) is 26.9 Å². The highest BCUT2D eigenvalue weighted by atomic mass is 16.7. The van der Waals surface area contributed by atoms with Gasteiger partial charge in [-0.15, -0.1) is 0 Å². The summed E-state index contributed by atoms with van der Waals surface area (Å²) in [6.45, 7) is 4.62. The molecule has 0 saturated carbocycles. The summed E-state index contributed by atoms with van der Waals surface area (Å²) < 4.78 is 21.4. The molecule has 2 heterocycles. The van der Waals surface area contributed by atoms with Crippen molar-refractivity contribution in [2.24, 2.45) is 0 Å². The topological polar surface area (TPSA) is 95.6 Å². The maximum absolute atomic E-state index is 13.1. The maximum atomic E-state index is 13.1. The summed E-state index contributed by atoms with van der Waals surface area (Å²) >= 11 is 0. The number of carbonyl (C=O) groups excluding carboxylic acids is 2. The van der Waals surface area contributed by atoms with Crippen LogP contribution in [0.25, 0.3) is 5.57 Å². The van der Waals surface area contributed by atoms with Crippen LogP contribution in [0.15, 0.2) is 36.6 Å². The number of nitrogens with zero attached hydrogens (tertiary/aromatic N) is 1. The lowest BCUT2D eigenvalue weighted by Gasteiger charge is -2.38. The second kappa shape index (κ2) is 9.19. The first-order chi connectivity index (χ1) is 14.5. The zero-order chi connectivity index (χ0) is 21.7. The Morgan fingerprint density at radius 1 is 1.23 bits per heavy atom. The summed E-state index contributed by atoms with van der Waals surface area (Å²) in [7, 11) is 4.63. The molecule has 162 valence electrons. The number of amides is 1. The Morgan fingerprint density at radius 2 is 1.97 bits per heavy atom. The van der Waals surface area contributed by atoms with E-state index < -0.39 is 11.7 Å². The number of hydroxylamine groups is 2. The third-order valence-electron chi connectivity index (χ3n) is 5.26. The molecular formula is C21H26N2O7. The normalized spacial score (nSPS) is 18.2. The summed E-state index contributed by atoms with van der Waals surface area (Å²) in [6.07, 6.45) is 1.51. The quantitative estimate of drug-likeness (QED) is 0.532. The summed E-state index contributed by atoms with van der Waals surface area (Å²) in [4.78, 5) is 30.7. The Morgan fingerprint density at radius 3 is 2.57 bits per heavy atom. The van der Waals surface area contributed by atoms with Crippen LogP contribution >= 0.6 is 0 Å². The molecular weight excluding hydrogens is 392 g/mol. The van der Waals surface area contributed by atoms with Crippen LogP contribution < -0.4 is 14.8 Å². The van der Waals surface area contributed by atoms with Gasteiger partial charge in [-0.3, -0.25) is 4.79 Å². The first kappa shape index (κ1) is 21.7. The van der Waals surface area contributed by atoms with Gasteiger partial charge in [0, 0.05) is 18.7 Å². The van der Waals surface area contributed by atoms with Crippen molar-refractivity contribution in [1.29, 1.82) is 0 Å². The molecule has 1 N–H and O–H groups in total. The Kier molecular flexibility index (Phi) is 6.63. The van der Waals surface area contributed by atoms with Gasteiger partial charge in [0.1, 0.15) is 23.6 Å². The molecule has 1 saturated heterocycles. The molecule has 0 unspecified atom stereocenters. The lowest BCUT2D eigenvalue weighted by Crippen LogP contribution is -2.53. The minimum Gasteiger partial charge on any atom is -0.497 e. The van der Waals surface area contributed by atoms with Crippen molar-refractivity contribution < 1.29 is 33.4 Å². The number of ether oxygens (including phenoxy) is 4. The lowest BCUT2D eigenvalue weighted by atomic mass is 9.86. The first-order valence-electron chi connectivity index (χ1n) is 9.52. The predicted octanol–water partition coefficient (Wildman–Crippen LogP) is 2.28. The lowest BCUT2D eigenvalue weighted by molar-refractivity contribution is -0.152. The monoisotopic (exact) mass is 418 g/mol. The van der Waals surface area contributed by atoms with E-state index in [4.69, 9.17) is 23.8 Å². The van der Waals surface area contributed by atoms with Gasteiger partial charge in [0.15, 0.2) is 5.76 Å². The molecule has 0 atom stereocenters. The Balaban J connectivity index is 2.10. The zero-order valence-corrected chi connectivity index (χ0v) is 17.4. The van der Waals surface area contributed by atoms with Crippen LogP contribution in [0.5, 0.6) is 11.5 Å². The van der Waals surface area contributed by atoms with Crippen molar-refractivity contribution in [3.63, 3.8) is 0 Å². The van der Waals surface area contributed by atoms with Gasteiger partial charge in [0.2, 0.25) is 0 Å². The number of benzene rings is 1. The van der Waals surface area contributed by atoms with Crippen LogP contribution in [0.1, 0.15) is 18.4 Å². The van der Waals surface area contributed by atoms with Crippen LogP contribution in [0.3, 0.4) is 0 Å². The smallest absolute Gasteiger partial charge is 0.497 e. The molecule has 0 aromatic heterocycles. The molecule has 1 amide bonds. The van der Waals surface area contributed by atoms with Crippen LogP contribution in [0.2, 0.25) is 0 Å². The Labute approximate surface area is 175 Å². The van der Waals surface area contributed by atoms with Crippen molar-refractivity contribution in [2.45, 2.75) is 18.4 Å². The Bertz CT molecular complexity index is 857. The number of hydrogen-bond donors (Lipinski definition) is 1. The van der Waals surface area contributed by atoms with Crippen LogP contribution in [-0.4, -0.2) is 63.7 Å². The number of methoxy groups -OCH3 is 2. The van der Waals surface area contributed by atoms with Crippen LogP contribution in [0.4, 0.5) is 4.79 Å². The minimum absolute atomic E-state index is 0.00421. The fourth-order valence-corrected chi connectivity index (χ4v) is 3.72.